The molecule has 2 aromatic carbocycles. The maximum absolute atomic E-state index is 4.55. The van der Waals surface area contributed by atoms with Gasteiger partial charge in [0.1, 0.15) is 0 Å². The molecule has 1 aromatic heterocycles. The molecule has 3 aromatic rings. The van der Waals surface area contributed by atoms with Crippen LogP contribution < -0.4 is 5.32 Å². The quantitative estimate of drug-likeness (QED) is 0.539. The van der Waals surface area contributed by atoms with Crippen LogP contribution in [0.1, 0.15) is 47.1 Å². The number of aromatic nitrogens is 2. The highest BCUT2D eigenvalue weighted by atomic mass is 15.1. The SMILES string of the molecule is CC.CC.CC.Cc1cccc(Nc2nccc(-c3ccccc3)n2)c1. The fourth-order valence-electron chi connectivity index (χ4n) is 2.04. The molecule has 3 nitrogen and oxygen atoms in total. The lowest BCUT2D eigenvalue weighted by Crippen LogP contribution is -1.97. The van der Waals surface area contributed by atoms with Gasteiger partial charge in [0.15, 0.2) is 0 Å². The molecule has 140 valence electrons. The van der Waals surface area contributed by atoms with Crippen molar-refractivity contribution < 1.29 is 0 Å². The van der Waals surface area contributed by atoms with Crippen LogP contribution in [0.2, 0.25) is 0 Å². The van der Waals surface area contributed by atoms with E-state index in [0.717, 1.165) is 16.9 Å². The lowest BCUT2D eigenvalue weighted by Gasteiger charge is -2.07. The van der Waals surface area contributed by atoms with Crippen LogP contribution in [0.3, 0.4) is 0 Å². The lowest BCUT2D eigenvalue weighted by molar-refractivity contribution is 1.17. The molecule has 1 heterocycles. The average Bonchev–Trinajstić information content (AvgIpc) is 2.73. The Labute approximate surface area is 159 Å². The molecule has 0 unspecified atom stereocenters. The van der Waals surface area contributed by atoms with E-state index < -0.39 is 0 Å². The van der Waals surface area contributed by atoms with E-state index in [-0.39, 0.29) is 0 Å². The number of benzene rings is 2. The molecule has 3 rings (SSSR count). The smallest absolute Gasteiger partial charge is 0.227 e. The predicted molar refractivity (Wildman–Crippen MR) is 116 cm³/mol. The first kappa shape index (κ1) is 23.3. The van der Waals surface area contributed by atoms with Crippen LogP contribution in [0, 0.1) is 6.92 Å². The molecule has 0 aliphatic heterocycles. The van der Waals surface area contributed by atoms with Gasteiger partial charge in [0, 0.05) is 17.4 Å². The van der Waals surface area contributed by atoms with Crippen molar-refractivity contribution in [3.05, 3.63) is 72.4 Å². The van der Waals surface area contributed by atoms with E-state index in [4.69, 9.17) is 0 Å². The Bertz CT molecular complexity index is 709. The number of aryl methyl sites for hydroxylation is 1. The summed E-state index contributed by atoms with van der Waals surface area (Å²) in [6.45, 7) is 14.1. The topological polar surface area (TPSA) is 37.8 Å². The molecule has 0 atom stereocenters. The van der Waals surface area contributed by atoms with Crippen LogP contribution in [0.5, 0.6) is 0 Å². The molecule has 0 spiro atoms. The van der Waals surface area contributed by atoms with E-state index in [1.165, 1.54) is 5.56 Å². The summed E-state index contributed by atoms with van der Waals surface area (Å²) in [5, 5.41) is 3.23. The van der Waals surface area contributed by atoms with Crippen LogP contribution in [-0.4, -0.2) is 9.97 Å². The number of rotatable bonds is 3. The Hall–Kier alpha value is -2.68. The van der Waals surface area contributed by atoms with E-state index in [1.54, 1.807) is 6.20 Å². The predicted octanol–water partition coefficient (Wildman–Crippen LogP) is 7.27. The molecule has 26 heavy (non-hydrogen) atoms. The third kappa shape index (κ3) is 7.93. The summed E-state index contributed by atoms with van der Waals surface area (Å²) in [6.07, 6.45) is 1.77. The molecule has 0 radical (unpaired) electrons. The summed E-state index contributed by atoms with van der Waals surface area (Å²) in [5.74, 6) is 0.608. The van der Waals surface area contributed by atoms with E-state index in [1.807, 2.05) is 90.1 Å². The maximum atomic E-state index is 4.55. The van der Waals surface area contributed by atoms with Gasteiger partial charge in [-0.3, -0.25) is 0 Å². The first-order valence-corrected chi connectivity index (χ1v) is 9.53. The van der Waals surface area contributed by atoms with Gasteiger partial charge in [-0.2, -0.15) is 0 Å². The minimum Gasteiger partial charge on any atom is -0.324 e. The fraction of sp³-hybridized carbons (Fsp3) is 0.304. The second-order valence-electron chi connectivity index (χ2n) is 4.63. The summed E-state index contributed by atoms with van der Waals surface area (Å²) in [4.78, 5) is 8.81. The third-order valence-electron chi connectivity index (χ3n) is 3.00. The van der Waals surface area contributed by atoms with Crippen LogP contribution in [-0.2, 0) is 0 Å². The zero-order valence-electron chi connectivity index (χ0n) is 17.2. The number of nitrogens with zero attached hydrogens (tertiary/aromatic N) is 2. The van der Waals surface area contributed by atoms with Gasteiger partial charge >= 0.3 is 0 Å². The first-order chi connectivity index (χ1) is 12.8. The van der Waals surface area contributed by atoms with Crippen molar-refractivity contribution in [2.75, 3.05) is 5.32 Å². The molecular formula is C23H33N3. The summed E-state index contributed by atoms with van der Waals surface area (Å²) in [6, 6.07) is 20.1. The van der Waals surface area contributed by atoms with Crippen molar-refractivity contribution >= 4 is 11.6 Å². The number of hydrogen-bond donors (Lipinski definition) is 1. The summed E-state index contributed by atoms with van der Waals surface area (Å²) in [7, 11) is 0. The molecule has 0 amide bonds. The molecule has 1 N–H and O–H groups in total. The lowest BCUT2D eigenvalue weighted by atomic mass is 10.1. The number of anilines is 2. The molecular weight excluding hydrogens is 318 g/mol. The third-order valence-corrected chi connectivity index (χ3v) is 3.00. The highest BCUT2D eigenvalue weighted by Crippen LogP contribution is 2.19. The fourth-order valence-corrected chi connectivity index (χ4v) is 2.04. The number of hydrogen-bond acceptors (Lipinski definition) is 3. The Morgan fingerprint density at radius 1 is 0.731 bits per heavy atom. The van der Waals surface area contributed by atoms with Crippen LogP contribution >= 0.6 is 0 Å². The van der Waals surface area contributed by atoms with Crippen molar-refractivity contribution in [3.8, 4) is 11.3 Å². The van der Waals surface area contributed by atoms with Crippen molar-refractivity contribution in [1.82, 2.24) is 9.97 Å². The molecule has 3 heteroatoms. The zero-order chi connectivity index (χ0) is 19.8. The molecule has 0 bridgehead atoms. The molecule has 0 aliphatic rings. The second-order valence-corrected chi connectivity index (χ2v) is 4.63. The summed E-state index contributed by atoms with van der Waals surface area (Å²) >= 11 is 0. The Morgan fingerprint density at radius 2 is 1.38 bits per heavy atom. The van der Waals surface area contributed by atoms with Gasteiger partial charge in [-0.15, -0.1) is 0 Å². The van der Waals surface area contributed by atoms with E-state index >= 15 is 0 Å². The van der Waals surface area contributed by atoms with Crippen LogP contribution in [0.4, 0.5) is 11.6 Å². The minimum absolute atomic E-state index is 0.608. The van der Waals surface area contributed by atoms with Gasteiger partial charge in [-0.25, -0.2) is 9.97 Å². The average molecular weight is 352 g/mol. The Morgan fingerprint density at radius 3 is 2.00 bits per heavy atom. The summed E-state index contributed by atoms with van der Waals surface area (Å²) in [5.41, 5.74) is 4.20. The van der Waals surface area contributed by atoms with E-state index in [0.29, 0.717) is 5.95 Å². The molecule has 0 saturated carbocycles. The van der Waals surface area contributed by atoms with Crippen molar-refractivity contribution in [2.45, 2.75) is 48.5 Å². The van der Waals surface area contributed by atoms with Crippen LogP contribution in [0.15, 0.2) is 66.9 Å². The molecule has 0 saturated heterocycles. The molecule has 0 fully saturated rings. The highest BCUT2D eigenvalue weighted by molar-refractivity contribution is 5.61. The van der Waals surface area contributed by atoms with Gasteiger partial charge in [0.05, 0.1) is 5.69 Å². The van der Waals surface area contributed by atoms with Gasteiger partial charge in [-0.05, 0) is 30.7 Å². The van der Waals surface area contributed by atoms with E-state index in [2.05, 4.69) is 34.3 Å². The largest absolute Gasteiger partial charge is 0.324 e. The maximum Gasteiger partial charge on any atom is 0.227 e. The highest BCUT2D eigenvalue weighted by Gasteiger charge is 2.02. The number of nitrogens with one attached hydrogen (secondary N) is 1. The van der Waals surface area contributed by atoms with Crippen molar-refractivity contribution in [1.29, 1.82) is 0 Å². The summed E-state index contributed by atoms with van der Waals surface area (Å²) < 4.78 is 0. The first-order valence-electron chi connectivity index (χ1n) is 9.53. The monoisotopic (exact) mass is 351 g/mol. The van der Waals surface area contributed by atoms with Crippen molar-refractivity contribution in [3.63, 3.8) is 0 Å². The Balaban J connectivity index is 0.000000948. The molecule has 0 aliphatic carbocycles. The Kier molecular flexibility index (Phi) is 13.1. The second kappa shape index (κ2) is 14.6. The van der Waals surface area contributed by atoms with Crippen LogP contribution in [0.25, 0.3) is 11.3 Å². The van der Waals surface area contributed by atoms with Gasteiger partial charge in [0.25, 0.3) is 0 Å². The van der Waals surface area contributed by atoms with E-state index in [9.17, 15) is 0 Å². The minimum atomic E-state index is 0.608. The van der Waals surface area contributed by atoms with Gasteiger partial charge < -0.3 is 5.32 Å². The van der Waals surface area contributed by atoms with Gasteiger partial charge in [-0.1, -0.05) is 84.0 Å². The normalized spacial score (nSPS) is 8.58. The van der Waals surface area contributed by atoms with Crippen molar-refractivity contribution in [2.24, 2.45) is 0 Å². The zero-order valence-corrected chi connectivity index (χ0v) is 17.2. The standard InChI is InChI=1S/C17H15N3.3C2H6/c1-13-6-5-9-15(12-13)19-17-18-11-10-16(20-17)14-7-3-2-4-8-14;3*1-2/h2-12H,1H3,(H,18,19,20);3*1-2H3. The van der Waals surface area contributed by atoms with Gasteiger partial charge in [0.2, 0.25) is 5.95 Å².